The van der Waals surface area contributed by atoms with Crippen molar-refractivity contribution in [3.63, 3.8) is 0 Å². The number of hydrogen-bond acceptors (Lipinski definition) is 1. The van der Waals surface area contributed by atoms with Crippen molar-refractivity contribution in [2.75, 3.05) is 5.75 Å². The van der Waals surface area contributed by atoms with Gasteiger partial charge in [-0.15, -0.1) is 0 Å². The third-order valence-electron chi connectivity index (χ3n) is 0.227. The van der Waals surface area contributed by atoms with Gasteiger partial charge in [-0.2, -0.15) is 0 Å². The van der Waals surface area contributed by atoms with Crippen LogP contribution in [0.3, 0.4) is 0 Å². The minimum Gasteiger partial charge on any atom is -0.247 e. The molecule has 0 aromatic rings. The Balaban J connectivity index is 2.85. The second-order valence-electron chi connectivity index (χ2n) is 0.579. The lowest BCUT2D eigenvalue weighted by molar-refractivity contribution is 0.693. The molecule has 0 rings (SSSR count). The van der Waals surface area contributed by atoms with Crippen LogP contribution < -0.4 is 0 Å². The summed E-state index contributed by atoms with van der Waals surface area (Å²) in [7, 11) is -0.760. The van der Waals surface area contributed by atoms with E-state index in [2.05, 4.69) is 14.8 Å². The van der Waals surface area contributed by atoms with Crippen molar-refractivity contribution in [1.29, 1.82) is 0 Å². The van der Waals surface area contributed by atoms with Crippen molar-refractivity contribution in [2.45, 2.75) is 6.92 Å². The van der Waals surface area contributed by atoms with Crippen molar-refractivity contribution >= 4 is 24.0 Å². The van der Waals surface area contributed by atoms with Crippen LogP contribution in [0.5, 0.6) is 0 Å². The van der Waals surface area contributed by atoms with Gasteiger partial charge < -0.3 is 0 Å². The monoisotopic (exact) mass is 156 g/mol. The lowest BCUT2D eigenvalue weighted by atomic mass is 11.0. The number of rotatable bonds is 1. The van der Waals surface area contributed by atoms with E-state index in [4.69, 9.17) is 0 Å². The van der Waals surface area contributed by atoms with Gasteiger partial charge >= 0.3 is 0 Å². The van der Waals surface area contributed by atoms with E-state index in [1.165, 1.54) is 0 Å². The van der Waals surface area contributed by atoms with Crippen LogP contribution in [0.2, 0.25) is 0 Å². The van der Waals surface area contributed by atoms with E-state index in [0.717, 1.165) is 0 Å². The van der Waals surface area contributed by atoms with Crippen molar-refractivity contribution < 1.29 is 4.21 Å². The SMILES string of the molecule is CCS(=O)Br. The summed E-state index contributed by atoms with van der Waals surface area (Å²) in [6.07, 6.45) is 0. The highest BCUT2D eigenvalue weighted by molar-refractivity contribution is 9.46. The first-order chi connectivity index (χ1) is 2.27. The Morgan fingerprint density at radius 3 is 2.20 bits per heavy atom. The average Bonchev–Trinajstić information content (AvgIpc) is 1.38. The molecule has 0 amide bonds. The van der Waals surface area contributed by atoms with Crippen LogP contribution >= 0.6 is 14.8 Å². The second-order valence-corrected chi connectivity index (χ2v) is 3.90. The lowest BCUT2D eigenvalue weighted by Crippen LogP contribution is -1.74. The molecule has 0 aromatic carbocycles. The summed E-state index contributed by atoms with van der Waals surface area (Å²) in [5.74, 6) is 0.694. The Kier molecular flexibility index (Phi) is 3.20. The van der Waals surface area contributed by atoms with Crippen LogP contribution in [0.15, 0.2) is 0 Å². The molecule has 1 unspecified atom stereocenters. The van der Waals surface area contributed by atoms with Gasteiger partial charge in [-0.3, -0.25) is 0 Å². The topological polar surface area (TPSA) is 17.1 Å². The quantitative estimate of drug-likeness (QED) is 0.520. The summed E-state index contributed by atoms with van der Waals surface area (Å²) in [6, 6.07) is 0. The van der Waals surface area contributed by atoms with Gasteiger partial charge in [0.05, 0.1) is 9.23 Å². The summed E-state index contributed by atoms with van der Waals surface area (Å²) >= 11 is 2.85. The van der Waals surface area contributed by atoms with Crippen LogP contribution in [0.4, 0.5) is 0 Å². The molecule has 0 saturated heterocycles. The molecule has 0 fully saturated rings. The fourth-order valence-corrected chi connectivity index (χ4v) is 0. The highest BCUT2D eigenvalue weighted by Gasteiger charge is 1.76. The van der Waals surface area contributed by atoms with Gasteiger partial charge in [-0.1, -0.05) is 6.92 Å². The Hall–Kier alpha value is 0.630. The van der Waals surface area contributed by atoms with Gasteiger partial charge in [0.15, 0.2) is 0 Å². The first-order valence-corrected chi connectivity index (χ1v) is 4.48. The van der Waals surface area contributed by atoms with Crippen molar-refractivity contribution in [3.05, 3.63) is 0 Å². The molecule has 0 aliphatic rings. The van der Waals surface area contributed by atoms with E-state index in [1.54, 1.807) is 0 Å². The highest BCUT2D eigenvalue weighted by atomic mass is 79.9. The molecular formula is C2H5BrOS. The fourth-order valence-electron chi connectivity index (χ4n) is 0. The fraction of sp³-hybridized carbons (Fsp3) is 1.00. The molecule has 0 aliphatic heterocycles. The van der Waals surface area contributed by atoms with Gasteiger partial charge in [0.2, 0.25) is 0 Å². The normalized spacial score (nSPS) is 14.8. The molecule has 1 nitrogen and oxygen atoms in total. The zero-order valence-corrected chi connectivity index (χ0v) is 5.30. The molecule has 0 radical (unpaired) electrons. The Morgan fingerprint density at radius 2 is 2.20 bits per heavy atom. The summed E-state index contributed by atoms with van der Waals surface area (Å²) in [6.45, 7) is 1.85. The lowest BCUT2D eigenvalue weighted by Gasteiger charge is -1.71. The summed E-state index contributed by atoms with van der Waals surface area (Å²) in [5, 5.41) is 0. The van der Waals surface area contributed by atoms with Gasteiger partial charge in [0.25, 0.3) is 0 Å². The molecule has 32 valence electrons. The number of halogens is 1. The van der Waals surface area contributed by atoms with E-state index in [9.17, 15) is 4.21 Å². The maximum atomic E-state index is 9.84. The Labute approximate surface area is 41.4 Å². The molecule has 0 aliphatic carbocycles. The standard InChI is InChI=1S/C2H5BrOS/c1-2-5(3)4/h2H2,1H3. The largest absolute Gasteiger partial charge is 0.247 e. The smallest absolute Gasteiger partial charge is 0.0892 e. The molecule has 0 N–H and O–H groups in total. The molecule has 0 saturated carbocycles. The maximum Gasteiger partial charge on any atom is 0.0892 e. The van der Waals surface area contributed by atoms with Crippen molar-refractivity contribution in [1.82, 2.24) is 0 Å². The van der Waals surface area contributed by atoms with Crippen molar-refractivity contribution in [2.24, 2.45) is 0 Å². The van der Waals surface area contributed by atoms with Crippen LogP contribution in [0, 0.1) is 0 Å². The third-order valence-corrected chi connectivity index (χ3v) is 2.05. The van der Waals surface area contributed by atoms with E-state index in [0.29, 0.717) is 5.75 Å². The minimum atomic E-state index is -0.760. The molecule has 0 heterocycles. The summed E-state index contributed by atoms with van der Waals surface area (Å²) in [4.78, 5) is 0. The highest BCUT2D eigenvalue weighted by Crippen LogP contribution is 1.87. The van der Waals surface area contributed by atoms with E-state index in [1.807, 2.05) is 6.92 Å². The van der Waals surface area contributed by atoms with Gasteiger partial charge in [-0.05, 0) is 0 Å². The molecular weight excluding hydrogens is 152 g/mol. The van der Waals surface area contributed by atoms with E-state index >= 15 is 0 Å². The molecule has 1 atom stereocenters. The van der Waals surface area contributed by atoms with Crippen LogP contribution in [-0.2, 0) is 9.23 Å². The first-order valence-electron chi connectivity index (χ1n) is 1.32. The Morgan fingerprint density at radius 1 is 2.00 bits per heavy atom. The zero-order chi connectivity index (χ0) is 4.28. The summed E-state index contributed by atoms with van der Waals surface area (Å²) in [5.41, 5.74) is 0. The van der Waals surface area contributed by atoms with Crippen LogP contribution in [0.25, 0.3) is 0 Å². The predicted octanol–water partition coefficient (Wildman–Crippen LogP) is 1.06. The molecule has 5 heavy (non-hydrogen) atoms. The third kappa shape index (κ3) is 4.63. The maximum absolute atomic E-state index is 9.84. The van der Waals surface area contributed by atoms with Crippen LogP contribution in [0.1, 0.15) is 6.92 Å². The molecule has 0 aromatic heterocycles. The van der Waals surface area contributed by atoms with Gasteiger partial charge in [0, 0.05) is 20.6 Å². The average molecular weight is 157 g/mol. The molecule has 0 spiro atoms. The second kappa shape index (κ2) is 2.85. The number of hydrogen-bond donors (Lipinski definition) is 0. The van der Waals surface area contributed by atoms with Gasteiger partial charge in [-0.25, -0.2) is 4.21 Å². The van der Waals surface area contributed by atoms with Gasteiger partial charge in [0.1, 0.15) is 0 Å². The minimum absolute atomic E-state index is 0.694. The first kappa shape index (κ1) is 5.63. The zero-order valence-electron chi connectivity index (χ0n) is 2.90. The summed E-state index contributed by atoms with van der Waals surface area (Å²) < 4.78 is 9.84. The molecule has 3 heteroatoms. The van der Waals surface area contributed by atoms with Crippen LogP contribution in [-0.4, -0.2) is 9.96 Å². The van der Waals surface area contributed by atoms with E-state index < -0.39 is 9.23 Å². The predicted molar refractivity (Wildman–Crippen MR) is 27.6 cm³/mol. The molecule has 0 bridgehead atoms. The Bertz CT molecular complexity index is 44.9. The van der Waals surface area contributed by atoms with E-state index in [-0.39, 0.29) is 0 Å². The van der Waals surface area contributed by atoms with Crippen molar-refractivity contribution in [3.8, 4) is 0 Å².